The quantitative estimate of drug-likeness (QED) is 0.133. The summed E-state index contributed by atoms with van der Waals surface area (Å²) in [5, 5.41) is 47.3. The molecule has 0 spiro atoms. The third-order valence-corrected chi connectivity index (χ3v) is 8.37. The molecule has 1 aromatic rings. The van der Waals surface area contributed by atoms with Gasteiger partial charge in [-0.1, -0.05) is 13.0 Å². The molecule has 2 fully saturated rings. The molecule has 8 N–H and O–H groups in total. The lowest BCUT2D eigenvalue weighted by atomic mass is 9.57. The molecule has 5 rings (SSSR count). The molecule has 40 heavy (non-hydrogen) atoms. The van der Waals surface area contributed by atoms with Crippen molar-refractivity contribution in [3.05, 3.63) is 40.2 Å². The Morgan fingerprint density at radius 1 is 1.18 bits per heavy atom. The predicted octanol–water partition coefficient (Wildman–Crippen LogP) is -0.168. The number of phenols is 1. The number of carbonyl (C=O) groups is 4. The number of anilines is 1. The lowest BCUT2D eigenvalue weighted by molar-refractivity contribution is -0.153. The van der Waals surface area contributed by atoms with Gasteiger partial charge in [-0.2, -0.15) is 5.48 Å². The second-order valence-electron chi connectivity index (χ2n) is 11.2. The number of hydrogen-bond acceptors (Lipinski definition) is 11. The smallest absolute Gasteiger partial charge is 0.255 e. The molecule has 5 unspecified atom stereocenters. The van der Waals surface area contributed by atoms with Crippen LogP contribution in [0.4, 0.5) is 5.69 Å². The zero-order valence-electron chi connectivity index (χ0n) is 22.2. The van der Waals surface area contributed by atoms with Crippen LogP contribution in [-0.2, 0) is 30.4 Å². The van der Waals surface area contributed by atoms with Crippen LogP contribution in [0.1, 0.15) is 30.9 Å². The Balaban J connectivity index is 1.50. The van der Waals surface area contributed by atoms with Gasteiger partial charge in [0.25, 0.3) is 5.91 Å². The first-order valence-corrected chi connectivity index (χ1v) is 13.0. The number of aliphatic hydroxyl groups excluding tert-OH is 2. The van der Waals surface area contributed by atoms with Gasteiger partial charge in [0.15, 0.2) is 11.4 Å². The van der Waals surface area contributed by atoms with Crippen LogP contribution < -0.4 is 16.5 Å². The van der Waals surface area contributed by atoms with Crippen molar-refractivity contribution in [2.75, 3.05) is 26.0 Å². The van der Waals surface area contributed by atoms with Gasteiger partial charge in [0.05, 0.1) is 23.4 Å². The summed E-state index contributed by atoms with van der Waals surface area (Å²) in [4.78, 5) is 58.2. The van der Waals surface area contributed by atoms with E-state index in [2.05, 4.69) is 10.8 Å². The summed E-state index contributed by atoms with van der Waals surface area (Å²) in [6.45, 7) is 1.82. The summed E-state index contributed by atoms with van der Waals surface area (Å²) >= 11 is 0. The lowest BCUT2D eigenvalue weighted by Crippen LogP contribution is -2.65. The Morgan fingerprint density at radius 2 is 1.85 bits per heavy atom. The second kappa shape index (κ2) is 9.70. The number of likely N-dealkylation sites (N-methyl/N-ethyl adjacent to an activating group) is 1. The maximum absolute atomic E-state index is 13.8. The van der Waals surface area contributed by atoms with Crippen molar-refractivity contribution in [3.8, 4) is 5.75 Å². The molecule has 214 valence electrons. The average Bonchev–Trinajstić information content (AvgIpc) is 3.57. The van der Waals surface area contributed by atoms with Crippen LogP contribution in [0.5, 0.6) is 5.75 Å². The fraction of sp³-hybridized carbons (Fsp3) is 0.481. The van der Waals surface area contributed by atoms with Crippen LogP contribution in [0.2, 0.25) is 0 Å². The first-order chi connectivity index (χ1) is 18.8. The summed E-state index contributed by atoms with van der Waals surface area (Å²) in [7, 11) is 3.07. The van der Waals surface area contributed by atoms with E-state index >= 15 is 0 Å². The van der Waals surface area contributed by atoms with Crippen molar-refractivity contribution in [1.29, 1.82) is 0 Å². The van der Waals surface area contributed by atoms with Crippen LogP contribution in [0.25, 0.3) is 5.76 Å². The van der Waals surface area contributed by atoms with E-state index in [0.29, 0.717) is 11.5 Å². The van der Waals surface area contributed by atoms with Gasteiger partial charge in [-0.25, -0.2) is 0 Å². The Kier molecular flexibility index (Phi) is 6.73. The second-order valence-corrected chi connectivity index (χ2v) is 11.2. The van der Waals surface area contributed by atoms with Gasteiger partial charge in [-0.15, -0.1) is 0 Å². The van der Waals surface area contributed by atoms with E-state index in [1.54, 1.807) is 6.07 Å². The highest BCUT2D eigenvalue weighted by molar-refractivity contribution is 6.24. The molecule has 0 radical (unpaired) electrons. The summed E-state index contributed by atoms with van der Waals surface area (Å²) in [6.07, 6.45) is 1.10. The van der Waals surface area contributed by atoms with E-state index in [9.17, 15) is 39.6 Å². The topological polar surface area (TPSA) is 212 Å². The molecule has 0 bridgehead atoms. The van der Waals surface area contributed by atoms with Crippen LogP contribution in [0, 0.1) is 17.8 Å². The summed E-state index contributed by atoms with van der Waals surface area (Å²) in [5.41, 5.74) is 4.41. The molecule has 6 atom stereocenters. The number of nitrogens with zero attached hydrogens (tertiary/aromatic N) is 1. The monoisotopic (exact) mass is 556 g/mol. The van der Waals surface area contributed by atoms with Crippen LogP contribution in [-0.4, -0.2) is 87.1 Å². The number of benzene rings is 1. The van der Waals surface area contributed by atoms with Crippen molar-refractivity contribution in [1.82, 2.24) is 10.4 Å². The zero-order chi connectivity index (χ0) is 29.3. The number of primary amides is 1. The Bertz CT molecular complexity index is 1400. The van der Waals surface area contributed by atoms with Crippen LogP contribution >= 0.6 is 0 Å². The lowest BCUT2D eigenvalue weighted by Gasteiger charge is -2.50. The van der Waals surface area contributed by atoms with Gasteiger partial charge in [0, 0.05) is 11.5 Å². The zero-order valence-corrected chi connectivity index (χ0v) is 22.2. The average molecular weight is 557 g/mol. The number of amides is 2. The van der Waals surface area contributed by atoms with Crippen molar-refractivity contribution in [3.63, 3.8) is 0 Å². The van der Waals surface area contributed by atoms with Crippen LogP contribution in [0.15, 0.2) is 29.0 Å². The highest BCUT2D eigenvalue weighted by Gasteiger charge is 2.64. The first-order valence-electron chi connectivity index (χ1n) is 13.0. The van der Waals surface area contributed by atoms with Crippen LogP contribution in [0.3, 0.4) is 0 Å². The number of ketones is 2. The van der Waals surface area contributed by atoms with E-state index in [1.165, 1.54) is 25.1 Å². The van der Waals surface area contributed by atoms with Crippen molar-refractivity contribution < 1.29 is 44.4 Å². The molecular formula is C27H32N4O9. The summed E-state index contributed by atoms with van der Waals surface area (Å²) in [6, 6.07) is 1.91. The SMILES string of the molecule is CC1CC1ONCC(=O)Nc1ccc2c(c1O)C(O)=C1C(=O)C3(O)C(O)=C(C(N)=O)C(=O)[C@@H](N(C)C)C3CC1C2. The molecule has 0 heterocycles. The molecule has 4 aliphatic carbocycles. The van der Waals surface area contributed by atoms with Gasteiger partial charge in [0.1, 0.15) is 29.4 Å². The van der Waals surface area contributed by atoms with E-state index in [0.717, 1.165) is 6.42 Å². The van der Waals surface area contributed by atoms with Crippen molar-refractivity contribution in [2.45, 2.75) is 43.9 Å². The molecule has 0 aliphatic heterocycles. The maximum atomic E-state index is 13.8. The Labute approximate surface area is 229 Å². The maximum Gasteiger partial charge on any atom is 0.255 e. The fourth-order valence-corrected chi connectivity index (χ4v) is 6.18. The minimum atomic E-state index is -2.71. The van der Waals surface area contributed by atoms with E-state index in [-0.39, 0.29) is 42.3 Å². The van der Waals surface area contributed by atoms with Gasteiger partial charge in [-0.05, 0) is 56.8 Å². The molecule has 1 aromatic carbocycles. The molecule has 0 aromatic heterocycles. The van der Waals surface area contributed by atoms with Gasteiger partial charge in [0.2, 0.25) is 11.7 Å². The minimum absolute atomic E-state index is 0.00368. The third-order valence-electron chi connectivity index (χ3n) is 8.37. The first kappa shape index (κ1) is 27.8. The van der Waals surface area contributed by atoms with Gasteiger partial charge < -0.3 is 31.5 Å². The number of hydroxylamine groups is 1. The summed E-state index contributed by atoms with van der Waals surface area (Å²) in [5.74, 6) is -7.40. The number of carbonyl (C=O) groups excluding carboxylic acids is 4. The number of hydrogen-bond donors (Lipinski definition) is 7. The third kappa shape index (κ3) is 4.17. The molecule has 2 saturated carbocycles. The van der Waals surface area contributed by atoms with Gasteiger partial charge in [-0.3, -0.25) is 28.9 Å². The highest BCUT2D eigenvalue weighted by atomic mass is 16.7. The number of nitrogens with two attached hydrogens (primary N) is 1. The summed E-state index contributed by atoms with van der Waals surface area (Å²) < 4.78 is 0. The van der Waals surface area contributed by atoms with E-state index in [4.69, 9.17) is 10.6 Å². The van der Waals surface area contributed by atoms with Crippen molar-refractivity contribution >= 4 is 34.8 Å². The van der Waals surface area contributed by atoms with E-state index < -0.39 is 69.7 Å². The Hall–Kier alpha value is -3.78. The standard InChI is InChI=1S/C27H32N4O9/c1-10-6-15(10)40-29-9-16(32)30-14-5-4-11-7-12-8-13-20(31(2)3)23(35)19(26(28)38)25(37)27(13,39)24(36)18(12)22(34)17(11)21(14)33/h4-5,10,12-13,15,20,29,33-34,37,39H,6-9H2,1-3H3,(H2,28,38)(H,30,32)/t10?,12?,13?,15?,20-,27?/m0/s1. The van der Waals surface area contributed by atoms with Gasteiger partial charge >= 0.3 is 0 Å². The number of fused-ring (bicyclic) bond motifs is 3. The number of aliphatic hydroxyl groups is 3. The molecule has 0 saturated heterocycles. The number of phenolic OH excluding ortho intramolecular Hbond substituents is 1. The Morgan fingerprint density at radius 3 is 2.45 bits per heavy atom. The molecule has 13 heteroatoms. The van der Waals surface area contributed by atoms with E-state index in [1.807, 2.05) is 6.92 Å². The number of rotatable bonds is 7. The molecule has 13 nitrogen and oxygen atoms in total. The molecule has 2 amide bonds. The fourth-order valence-electron chi connectivity index (χ4n) is 6.18. The normalized spacial score (nSPS) is 31.1. The number of Topliss-reactive ketones (excluding diaryl/α,β-unsaturated/α-hetero) is 2. The largest absolute Gasteiger partial charge is 0.508 e. The number of aromatic hydroxyl groups is 1. The van der Waals surface area contributed by atoms with Crippen molar-refractivity contribution in [2.24, 2.45) is 23.5 Å². The minimum Gasteiger partial charge on any atom is -0.508 e. The predicted molar refractivity (Wildman–Crippen MR) is 140 cm³/mol. The molecule has 4 aliphatic rings. The molecular weight excluding hydrogens is 524 g/mol. The highest BCUT2D eigenvalue weighted by Crippen LogP contribution is 2.53. The number of nitrogens with one attached hydrogen (secondary N) is 2.